The molecule has 2 atom stereocenters. The number of fused-ring (bicyclic) bond motifs is 1. The molecule has 9 heavy (non-hydrogen) atoms. The summed E-state index contributed by atoms with van der Waals surface area (Å²) < 4.78 is 0. The van der Waals surface area contributed by atoms with Gasteiger partial charge in [0.15, 0.2) is 0 Å². The van der Waals surface area contributed by atoms with Crippen LogP contribution in [0.4, 0.5) is 0 Å². The number of nitrogens with zero attached hydrogens (tertiary/aromatic N) is 1. The van der Waals surface area contributed by atoms with Gasteiger partial charge in [0.05, 0.1) is 0 Å². The van der Waals surface area contributed by atoms with E-state index < -0.39 is 0 Å². The molecule has 1 aliphatic carbocycles. The van der Waals surface area contributed by atoms with Gasteiger partial charge in [-0.3, -0.25) is 4.79 Å². The number of aliphatic imine (C=N–C) groups is 1. The second-order valence-corrected chi connectivity index (χ2v) is 2.82. The quantitative estimate of drug-likeness (QED) is 0.472. The lowest BCUT2D eigenvalue weighted by atomic mass is 10.0. The Morgan fingerprint density at radius 1 is 1.56 bits per heavy atom. The molecule has 1 aliphatic heterocycles. The van der Waals surface area contributed by atoms with Gasteiger partial charge in [-0.05, 0) is 12.8 Å². The number of carbonyl (C=O) groups is 1. The van der Waals surface area contributed by atoms with Crippen molar-refractivity contribution in [3.8, 4) is 0 Å². The van der Waals surface area contributed by atoms with Crippen molar-refractivity contribution in [3.63, 3.8) is 0 Å². The normalized spacial score (nSPS) is 39.8. The maximum atomic E-state index is 10.9. The summed E-state index contributed by atoms with van der Waals surface area (Å²) in [6.07, 6.45) is 5.30. The van der Waals surface area contributed by atoms with Gasteiger partial charge in [-0.15, -0.1) is 0 Å². The molecular weight excluding hydrogens is 114 g/mol. The molecule has 0 aromatic carbocycles. The number of carbonyl (C=O) groups excluding carboxylic acids is 1. The van der Waals surface area contributed by atoms with Crippen LogP contribution in [-0.2, 0) is 4.79 Å². The Morgan fingerprint density at radius 3 is 3.22 bits per heavy atom. The molecule has 0 aromatic rings. The van der Waals surface area contributed by atoms with Crippen LogP contribution in [0.1, 0.15) is 19.3 Å². The van der Waals surface area contributed by atoms with Crippen LogP contribution in [0.5, 0.6) is 0 Å². The van der Waals surface area contributed by atoms with Crippen LogP contribution >= 0.6 is 0 Å². The van der Waals surface area contributed by atoms with Gasteiger partial charge in [-0.25, -0.2) is 4.99 Å². The molecule has 2 nitrogen and oxygen atoms in total. The molecule has 2 rings (SSSR count). The van der Waals surface area contributed by atoms with E-state index in [0.717, 1.165) is 6.42 Å². The minimum absolute atomic E-state index is 0.123. The third-order valence-corrected chi connectivity index (χ3v) is 2.28. The van der Waals surface area contributed by atoms with Gasteiger partial charge in [-0.1, -0.05) is 6.42 Å². The SMILES string of the molecule is O=C1N=CC2CCCC12. The zero-order chi connectivity index (χ0) is 6.27. The predicted octanol–water partition coefficient (Wildman–Crippen LogP) is 1.01. The first-order chi connectivity index (χ1) is 4.38. The van der Waals surface area contributed by atoms with Crippen molar-refractivity contribution in [2.75, 3.05) is 0 Å². The lowest BCUT2D eigenvalue weighted by Gasteiger charge is -2.00. The van der Waals surface area contributed by atoms with E-state index in [4.69, 9.17) is 0 Å². The second-order valence-electron chi connectivity index (χ2n) is 2.82. The molecule has 1 saturated carbocycles. The van der Waals surface area contributed by atoms with E-state index in [1.54, 1.807) is 0 Å². The van der Waals surface area contributed by atoms with E-state index in [9.17, 15) is 4.79 Å². The van der Waals surface area contributed by atoms with E-state index in [1.807, 2.05) is 6.21 Å². The standard InChI is InChI=1S/C7H9NO/c9-7-6-3-1-2-5(6)4-8-7/h4-6H,1-3H2. The average molecular weight is 123 g/mol. The van der Waals surface area contributed by atoms with Crippen molar-refractivity contribution in [2.24, 2.45) is 16.8 Å². The Labute approximate surface area is 54.0 Å². The van der Waals surface area contributed by atoms with Gasteiger partial charge in [0.1, 0.15) is 0 Å². The zero-order valence-corrected chi connectivity index (χ0v) is 5.21. The summed E-state index contributed by atoms with van der Waals surface area (Å²) in [7, 11) is 0. The molecule has 1 fully saturated rings. The van der Waals surface area contributed by atoms with E-state index in [2.05, 4.69) is 4.99 Å². The van der Waals surface area contributed by atoms with Crippen LogP contribution in [0.2, 0.25) is 0 Å². The lowest BCUT2D eigenvalue weighted by Crippen LogP contribution is -2.09. The highest BCUT2D eigenvalue weighted by atomic mass is 16.1. The Morgan fingerprint density at radius 2 is 2.44 bits per heavy atom. The van der Waals surface area contributed by atoms with Crippen molar-refractivity contribution in [2.45, 2.75) is 19.3 Å². The van der Waals surface area contributed by atoms with Gasteiger partial charge in [0.2, 0.25) is 5.91 Å². The fourth-order valence-corrected chi connectivity index (χ4v) is 1.74. The summed E-state index contributed by atoms with van der Waals surface area (Å²) in [5, 5.41) is 0. The largest absolute Gasteiger partial charge is 0.272 e. The van der Waals surface area contributed by atoms with Gasteiger partial charge in [0.25, 0.3) is 0 Å². The zero-order valence-electron chi connectivity index (χ0n) is 5.21. The van der Waals surface area contributed by atoms with Crippen LogP contribution in [0.3, 0.4) is 0 Å². The number of rotatable bonds is 0. The maximum Gasteiger partial charge on any atom is 0.249 e. The van der Waals surface area contributed by atoms with Gasteiger partial charge in [-0.2, -0.15) is 0 Å². The Bertz CT molecular complexity index is 174. The van der Waals surface area contributed by atoms with E-state index >= 15 is 0 Å². The van der Waals surface area contributed by atoms with E-state index in [-0.39, 0.29) is 11.8 Å². The highest BCUT2D eigenvalue weighted by Gasteiger charge is 2.35. The Kier molecular flexibility index (Phi) is 0.949. The van der Waals surface area contributed by atoms with E-state index in [0.29, 0.717) is 5.92 Å². The molecular formula is C7H9NO. The summed E-state index contributed by atoms with van der Waals surface area (Å²) in [6.45, 7) is 0. The molecule has 48 valence electrons. The predicted molar refractivity (Wildman–Crippen MR) is 34.3 cm³/mol. The highest BCUT2D eigenvalue weighted by molar-refractivity contribution is 5.95. The lowest BCUT2D eigenvalue weighted by molar-refractivity contribution is -0.120. The molecule has 1 amide bonds. The van der Waals surface area contributed by atoms with Gasteiger partial charge < -0.3 is 0 Å². The molecule has 0 radical (unpaired) electrons. The fraction of sp³-hybridized carbons (Fsp3) is 0.714. The first kappa shape index (κ1) is 5.15. The van der Waals surface area contributed by atoms with Gasteiger partial charge in [0, 0.05) is 18.1 Å². The third kappa shape index (κ3) is 0.622. The van der Waals surface area contributed by atoms with Gasteiger partial charge >= 0.3 is 0 Å². The summed E-state index contributed by atoms with van der Waals surface area (Å²) >= 11 is 0. The Hall–Kier alpha value is -0.660. The van der Waals surface area contributed by atoms with Crippen molar-refractivity contribution in [1.29, 1.82) is 0 Å². The fourth-order valence-electron chi connectivity index (χ4n) is 1.74. The molecule has 1 heterocycles. The van der Waals surface area contributed by atoms with Crippen molar-refractivity contribution >= 4 is 12.1 Å². The second kappa shape index (κ2) is 1.66. The van der Waals surface area contributed by atoms with Crippen molar-refractivity contribution < 1.29 is 4.79 Å². The summed E-state index contributed by atoms with van der Waals surface area (Å²) in [5.41, 5.74) is 0. The minimum atomic E-state index is 0.123. The number of hydrogen-bond donors (Lipinski definition) is 0. The van der Waals surface area contributed by atoms with Crippen LogP contribution in [-0.4, -0.2) is 12.1 Å². The summed E-state index contributed by atoms with van der Waals surface area (Å²) in [6, 6.07) is 0. The van der Waals surface area contributed by atoms with Crippen LogP contribution in [0.25, 0.3) is 0 Å². The molecule has 2 heteroatoms. The van der Waals surface area contributed by atoms with Crippen LogP contribution in [0.15, 0.2) is 4.99 Å². The highest BCUT2D eigenvalue weighted by Crippen LogP contribution is 2.34. The molecule has 0 N–H and O–H groups in total. The molecule has 2 unspecified atom stereocenters. The Balaban J connectivity index is 2.24. The maximum absolute atomic E-state index is 10.9. The number of amides is 1. The first-order valence-electron chi connectivity index (χ1n) is 3.46. The van der Waals surface area contributed by atoms with Crippen LogP contribution < -0.4 is 0 Å². The van der Waals surface area contributed by atoms with Crippen molar-refractivity contribution in [3.05, 3.63) is 0 Å². The summed E-state index contributed by atoms with van der Waals surface area (Å²) in [5.74, 6) is 0.917. The van der Waals surface area contributed by atoms with Crippen molar-refractivity contribution in [1.82, 2.24) is 0 Å². The molecule has 0 bridgehead atoms. The molecule has 0 saturated heterocycles. The summed E-state index contributed by atoms with van der Waals surface area (Å²) in [4.78, 5) is 14.6. The minimum Gasteiger partial charge on any atom is -0.272 e. The smallest absolute Gasteiger partial charge is 0.249 e. The molecule has 0 aromatic heterocycles. The van der Waals surface area contributed by atoms with E-state index in [1.165, 1.54) is 12.8 Å². The molecule has 0 spiro atoms. The first-order valence-corrected chi connectivity index (χ1v) is 3.46. The average Bonchev–Trinajstić information content (AvgIpc) is 2.35. The third-order valence-electron chi connectivity index (χ3n) is 2.28. The van der Waals surface area contributed by atoms with Crippen LogP contribution in [0, 0.1) is 11.8 Å². The number of hydrogen-bond acceptors (Lipinski definition) is 1. The molecule has 2 aliphatic rings. The topological polar surface area (TPSA) is 29.4 Å². The monoisotopic (exact) mass is 123 g/mol.